The molecule has 0 radical (unpaired) electrons. The second-order valence-electron chi connectivity index (χ2n) is 4.98. The first kappa shape index (κ1) is 15.1. The first-order chi connectivity index (χ1) is 11.7. The summed E-state index contributed by atoms with van der Waals surface area (Å²) in [7, 11) is 1.62. The van der Waals surface area contributed by atoms with E-state index in [2.05, 4.69) is 15.3 Å². The molecule has 0 bridgehead atoms. The zero-order valence-electron chi connectivity index (χ0n) is 12.9. The van der Waals surface area contributed by atoms with Gasteiger partial charge in [0.15, 0.2) is 0 Å². The minimum Gasteiger partial charge on any atom is -0.497 e. The standard InChI is InChI=1S/C18H13N5O/c1-24-15-4-2-3-13(7-15)18-22-16-6-5-14(8-17(16)23-18)21-11-12(9-19)10-20/h2-8,11,21H,1H3,(H,22,23). The molecular formula is C18H13N5O. The molecule has 6 nitrogen and oxygen atoms in total. The van der Waals surface area contributed by atoms with Crippen molar-refractivity contribution in [3.63, 3.8) is 0 Å². The van der Waals surface area contributed by atoms with Gasteiger partial charge in [-0.05, 0) is 30.3 Å². The van der Waals surface area contributed by atoms with Crippen LogP contribution >= 0.6 is 0 Å². The highest BCUT2D eigenvalue weighted by atomic mass is 16.5. The summed E-state index contributed by atoms with van der Waals surface area (Å²) in [5, 5.41) is 20.4. The van der Waals surface area contributed by atoms with Crippen molar-refractivity contribution in [1.29, 1.82) is 10.5 Å². The van der Waals surface area contributed by atoms with Crippen LogP contribution in [0.25, 0.3) is 22.4 Å². The molecule has 0 aliphatic carbocycles. The number of nitrogens with one attached hydrogen (secondary N) is 2. The number of rotatable bonds is 4. The monoisotopic (exact) mass is 315 g/mol. The number of anilines is 1. The second kappa shape index (κ2) is 6.55. The van der Waals surface area contributed by atoms with Gasteiger partial charge in [-0.1, -0.05) is 12.1 Å². The number of benzene rings is 2. The van der Waals surface area contributed by atoms with Crippen LogP contribution in [0.1, 0.15) is 0 Å². The molecular weight excluding hydrogens is 302 g/mol. The summed E-state index contributed by atoms with van der Waals surface area (Å²) in [6, 6.07) is 16.8. The van der Waals surface area contributed by atoms with Crippen molar-refractivity contribution >= 4 is 16.7 Å². The van der Waals surface area contributed by atoms with Crippen LogP contribution in [0.4, 0.5) is 5.69 Å². The third-order valence-electron chi connectivity index (χ3n) is 3.45. The summed E-state index contributed by atoms with van der Waals surface area (Å²) in [5.41, 5.74) is 3.36. The number of allylic oxidation sites excluding steroid dienone is 1. The Labute approximate surface area is 138 Å². The van der Waals surface area contributed by atoms with Gasteiger partial charge in [0, 0.05) is 17.5 Å². The molecule has 0 saturated heterocycles. The van der Waals surface area contributed by atoms with E-state index in [1.54, 1.807) is 19.2 Å². The van der Waals surface area contributed by atoms with Crippen molar-refractivity contribution in [2.75, 3.05) is 12.4 Å². The lowest BCUT2D eigenvalue weighted by Gasteiger charge is -2.01. The molecule has 116 valence electrons. The third kappa shape index (κ3) is 3.03. The average molecular weight is 315 g/mol. The highest BCUT2D eigenvalue weighted by Gasteiger charge is 2.07. The topological polar surface area (TPSA) is 97.5 Å². The molecule has 0 aliphatic rings. The van der Waals surface area contributed by atoms with Gasteiger partial charge in [0.1, 0.15) is 29.3 Å². The van der Waals surface area contributed by atoms with Gasteiger partial charge in [0.25, 0.3) is 0 Å². The van der Waals surface area contributed by atoms with Crippen molar-refractivity contribution < 1.29 is 4.74 Å². The Balaban J connectivity index is 1.93. The normalized spacial score (nSPS) is 9.79. The number of aromatic amines is 1. The van der Waals surface area contributed by atoms with E-state index in [4.69, 9.17) is 15.3 Å². The number of imidazole rings is 1. The maximum absolute atomic E-state index is 8.74. The molecule has 6 heteroatoms. The lowest BCUT2D eigenvalue weighted by atomic mass is 10.2. The highest BCUT2D eigenvalue weighted by molar-refractivity contribution is 5.83. The summed E-state index contributed by atoms with van der Waals surface area (Å²) in [6.07, 6.45) is 1.38. The van der Waals surface area contributed by atoms with Gasteiger partial charge in [0.2, 0.25) is 0 Å². The number of ether oxygens (including phenoxy) is 1. The van der Waals surface area contributed by atoms with Gasteiger partial charge in [-0.3, -0.25) is 0 Å². The van der Waals surface area contributed by atoms with E-state index >= 15 is 0 Å². The largest absolute Gasteiger partial charge is 0.497 e. The zero-order valence-corrected chi connectivity index (χ0v) is 12.9. The number of fused-ring (bicyclic) bond motifs is 1. The molecule has 2 N–H and O–H groups in total. The minimum absolute atomic E-state index is 0.0109. The number of hydrogen-bond donors (Lipinski definition) is 2. The van der Waals surface area contributed by atoms with E-state index in [-0.39, 0.29) is 5.57 Å². The van der Waals surface area contributed by atoms with E-state index in [1.165, 1.54) is 6.20 Å². The number of H-pyrrole nitrogens is 1. The SMILES string of the molecule is COc1cccc(-c2nc3ccc(NC=C(C#N)C#N)cc3[nH]2)c1. The van der Waals surface area contributed by atoms with Crippen LogP contribution in [0.15, 0.2) is 54.2 Å². The van der Waals surface area contributed by atoms with Gasteiger partial charge in [0.05, 0.1) is 18.1 Å². The Morgan fingerprint density at radius 3 is 2.79 bits per heavy atom. The maximum Gasteiger partial charge on any atom is 0.145 e. The van der Waals surface area contributed by atoms with Crippen molar-refractivity contribution in [2.24, 2.45) is 0 Å². The number of nitriles is 2. The molecule has 0 unspecified atom stereocenters. The van der Waals surface area contributed by atoms with E-state index in [0.29, 0.717) is 0 Å². The van der Waals surface area contributed by atoms with Gasteiger partial charge >= 0.3 is 0 Å². The minimum atomic E-state index is 0.0109. The van der Waals surface area contributed by atoms with Crippen LogP contribution in [0.2, 0.25) is 0 Å². The van der Waals surface area contributed by atoms with E-state index in [0.717, 1.165) is 33.9 Å². The number of hydrogen-bond acceptors (Lipinski definition) is 5. The van der Waals surface area contributed by atoms with Gasteiger partial charge in [-0.15, -0.1) is 0 Å². The first-order valence-corrected chi connectivity index (χ1v) is 7.14. The molecule has 1 aromatic heterocycles. The summed E-state index contributed by atoms with van der Waals surface area (Å²) >= 11 is 0. The molecule has 0 spiro atoms. The Kier molecular flexibility index (Phi) is 4.13. The van der Waals surface area contributed by atoms with Gasteiger partial charge in [-0.25, -0.2) is 4.98 Å². The number of methoxy groups -OCH3 is 1. The Hall–Kier alpha value is -3.77. The molecule has 24 heavy (non-hydrogen) atoms. The average Bonchev–Trinajstić information content (AvgIpc) is 3.06. The molecule has 3 aromatic rings. The van der Waals surface area contributed by atoms with Crippen LogP contribution in [-0.2, 0) is 0 Å². The molecule has 0 saturated carbocycles. The van der Waals surface area contributed by atoms with Crippen molar-refractivity contribution in [3.8, 4) is 29.3 Å². The van der Waals surface area contributed by atoms with E-state index in [9.17, 15) is 0 Å². The predicted molar refractivity (Wildman–Crippen MR) is 91.0 cm³/mol. The fourth-order valence-corrected chi connectivity index (χ4v) is 2.25. The smallest absolute Gasteiger partial charge is 0.145 e. The van der Waals surface area contributed by atoms with E-state index in [1.807, 2.05) is 42.5 Å². The lowest BCUT2D eigenvalue weighted by molar-refractivity contribution is 0.415. The van der Waals surface area contributed by atoms with Crippen LogP contribution in [-0.4, -0.2) is 17.1 Å². The first-order valence-electron chi connectivity index (χ1n) is 7.14. The van der Waals surface area contributed by atoms with Gasteiger partial charge < -0.3 is 15.0 Å². The van der Waals surface area contributed by atoms with Crippen molar-refractivity contribution in [1.82, 2.24) is 9.97 Å². The second-order valence-corrected chi connectivity index (χ2v) is 4.98. The number of nitrogens with zero attached hydrogens (tertiary/aromatic N) is 3. The number of aromatic nitrogens is 2. The van der Waals surface area contributed by atoms with E-state index < -0.39 is 0 Å². The van der Waals surface area contributed by atoms with Crippen molar-refractivity contribution in [3.05, 3.63) is 54.2 Å². The summed E-state index contributed by atoms with van der Waals surface area (Å²) in [5.74, 6) is 1.51. The fraction of sp³-hybridized carbons (Fsp3) is 0.0556. The zero-order chi connectivity index (χ0) is 16.9. The van der Waals surface area contributed by atoms with Crippen molar-refractivity contribution in [2.45, 2.75) is 0 Å². The molecule has 0 atom stereocenters. The van der Waals surface area contributed by atoms with Crippen LogP contribution in [0, 0.1) is 22.7 Å². The Morgan fingerprint density at radius 2 is 2.04 bits per heavy atom. The lowest BCUT2D eigenvalue weighted by Crippen LogP contribution is -1.89. The summed E-state index contributed by atoms with van der Waals surface area (Å²) < 4.78 is 5.23. The summed E-state index contributed by atoms with van der Waals surface area (Å²) in [6.45, 7) is 0. The highest BCUT2D eigenvalue weighted by Crippen LogP contribution is 2.25. The van der Waals surface area contributed by atoms with Crippen LogP contribution < -0.4 is 10.1 Å². The molecule has 3 rings (SSSR count). The van der Waals surface area contributed by atoms with Crippen LogP contribution in [0.3, 0.4) is 0 Å². The molecule has 0 fully saturated rings. The fourth-order valence-electron chi connectivity index (χ4n) is 2.25. The molecule has 0 amide bonds. The Bertz CT molecular complexity index is 988. The Morgan fingerprint density at radius 1 is 1.21 bits per heavy atom. The predicted octanol–water partition coefficient (Wildman–Crippen LogP) is 3.58. The van der Waals surface area contributed by atoms with Crippen LogP contribution in [0.5, 0.6) is 5.75 Å². The van der Waals surface area contributed by atoms with Gasteiger partial charge in [-0.2, -0.15) is 10.5 Å². The summed E-state index contributed by atoms with van der Waals surface area (Å²) in [4.78, 5) is 7.83. The third-order valence-corrected chi connectivity index (χ3v) is 3.45. The molecule has 0 aliphatic heterocycles. The maximum atomic E-state index is 8.74. The molecule has 1 heterocycles. The quantitative estimate of drug-likeness (QED) is 0.717. The molecule has 2 aromatic carbocycles.